The van der Waals surface area contributed by atoms with Crippen molar-refractivity contribution in [3.8, 4) is 39.3 Å². The van der Waals surface area contributed by atoms with Gasteiger partial charge in [-0.05, 0) is 71.8 Å². The van der Waals surface area contributed by atoms with E-state index in [0.29, 0.717) is 0 Å². The molecule has 4 heteroatoms. The lowest BCUT2D eigenvalue weighted by atomic mass is 10.0. The predicted molar refractivity (Wildman–Crippen MR) is 207 cm³/mol. The Balaban J connectivity index is 1.19. The SMILES string of the molecule is c1ccc(-c2ccc(N(c3ccc(-c4nccnc4-c4ccccc4)cc3)c3ccc4c(c3)c3ccccc3n4-c3ccccc3)cc2)cc1. The lowest BCUT2D eigenvalue weighted by Crippen LogP contribution is -2.10. The number of hydrogen-bond donors (Lipinski definition) is 0. The van der Waals surface area contributed by atoms with Gasteiger partial charge in [0.05, 0.1) is 22.4 Å². The van der Waals surface area contributed by atoms with E-state index in [1.54, 1.807) is 12.4 Å². The van der Waals surface area contributed by atoms with Crippen LogP contribution in [-0.2, 0) is 0 Å². The fourth-order valence-electron chi connectivity index (χ4n) is 6.96. The first kappa shape index (κ1) is 29.4. The Hall–Kier alpha value is -6.78. The molecule has 0 unspecified atom stereocenters. The number of anilines is 3. The van der Waals surface area contributed by atoms with Gasteiger partial charge in [-0.3, -0.25) is 9.97 Å². The fraction of sp³-hybridized carbons (Fsp3) is 0. The van der Waals surface area contributed by atoms with Crippen LogP contribution in [0.5, 0.6) is 0 Å². The number of fused-ring (bicyclic) bond motifs is 3. The smallest absolute Gasteiger partial charge is 0.0965 e. The zero-order valence-corrected chi connectivity index (χ0v) is 27.3. The van der Waals surface area contributed by atoms with E-state index in [-0.39, 0.29) is 0 Å². The van der Waals surface area contributed by atoms with Crippen LogP contribution in [0, 0.1) is 0 Å². The minimum atomic E-state index is 0.860. The van der Waals surface area contributed by atoms with E-state index < -0.39 is 0 Å². The van der Waals surface area contributed by atoms with Crippen LogP contribution >= 0.6 is 0 Å². The highest BCUT2D eigenvalue weighted by Gasteiger charge is 2.18. The van der Waals surface area contributed by atoms with Crippen LogP contribution in [0.4, 0.5) is 17.1 Å². The molecule has 0 spiro atoms. The molecule has 50 heavy (non-hydrogen) atoms. The molecule has 0 amide bonds. The molecule has 0 atom stereocenters. The van der Waals surface area contributed by atoms with Crippen molar-refractivity contribution < 1.29 is 0 Å². The number of hydrogen-bond acceptors (Lipinski definition) is 3. The van der Waals surface area contributed by atoms with E-state index in [0.717, 1.165) is 45.3 Å². The normalized spacial score (nSPS) is 11.2. The number of para-hydroxylation sites is 2. The summed E-state index contributed by atoms with van der Waals surface area (Å²) >= 11 is 0. The Bertz CT molecular complexity index is 2560. The van der Waals surface area contributed by atoms with Gasteiger partial charge in [0.25, 0.3) is 0 Å². The standard InChI is InChI=1S/C46H32N4/c1-4-12-33(13-5-1)34-20-24-38(25-21-34)49(39-26-22-36(23-27-39)46-45(47-30-31-48-46)35-14-6-2-7-15-35)40-28-29-44-42(32-40)41-18-10-11-19-43(41)50(44)37-16-8-3-9-17-37/h1-32H. The molecule has 7 aromatic carbocycles. The summed E-state index contributed by atoms with van der Waals surface area (Å²) in [5, 5.41) is 2.43. The highest BCUT2D eigenvalue weighted by Crippen LogP contribution is 2.41. The molecule has 0 saturated heterocycles. The Morgan fingerprint density at radius 2 is 0.820 bits per heavy atom. The zero-order valence-electron chi connectivity index (χ0n) is 27.3. The lowest BCUT2D eigenvalue weighted by molar-refractivity contribution is 1.18. The second-order valence-electron chi connectivity index (χ2n) is 12.3. The van der Waals surface area contributed by atoms with Gasteiger partial charge in [0, 0.05) is 57.0 Å². The lowest BCUT2D eigenvalue weighted by Gasteiger charge is -2.26. The third kappa shape index (κ3) is 5.29. The molecule has 0 bridgehead atoms. The maximum absolute atomic E-state index is 4.77. The van der Waals surface area contributed by atoms with Gasteiger partial charge in [0.15, 0.2) is 0 Å². The van der Waals surface area contributed by atoms with E-state index in [1.165, 1.54) is 32.9 Å². The summed E-state index contributed by atoms with van der Waals surface area (Å²) in [5.74, 6) is 0. The zero-order chi connectivity index (χ0) is 33.3. The molecule has 2 heterocycles. The van der Waals surface area contributed by atoms with Gasteiger partial charge in [0.1, 0.15) is 0 Å². The van der Waals surface area contributed by atoms with Gasteiger partial charge < -0.3 is 9.47 Å². The van der Waals surface area contributed by atoms with Gasteiger partial charge in [-0.1, -0.05) is 121 Å². The van der Waals surface area contributed by atoms with Gasteiger partial charge in [-0.25, -0.2) is 0 Å². The second-order valence-corrected chi connectivity index (χ2v) is 12.3. The Kier molecular flexibility index (Phi) is 7.45. The predicted octanol–water partition coefficient (Wildman–Crippen LogP) is 12.0. The van der Waals surface area contributed by atoms with Crippen molar-refractivity contribution >= 4 is 38.9 Å². The second kappa shape index (κ2) is 12.7. The van der Waals surface area contributed by atoms with Crippen molar-refractivity contribution in [2.45, 2.75) is 0 Å². The molecule has 0 saturated carbocycles. The molecule has 0 aliphatic rings. The topological polar surface area (TPSA) is 34.0 Å². The first-order valence-corrected chi connectivity index (χ1v) is 16.8. The Morgan fingerprint density at radius 3 is 1.46 bits per heavy atom. The molecule has 4 nitrogen and oxygen atoms in total. The molecular weight excluding hydrogens is 609 g/mol. The Labute approximate surface area is 291 Å². The molecule has 0 aliphatic carbocycles. The van der Waals surface area contributed by atoms with Crippen LogP contribution in [0.1, 0.15) is 0 Å². The van der Waals surface area contributed by atoms with Crippen LogP contribution in [0.2, 0.25) is 0 Å². The third-order valence-electron chi connectivity index (χ3n) is 9.31. The van der Waals surface area contributed by atoms with Gasteiger partial charge in [0.2, 0.25) is 0 Å². The highest BCUT2D eigenvalue weighted by atomic mass is 15.1. The molecule has 0 fully saturated rings. The molecule has 0 N–H and O–H groups in total. The molecule has 9 rings (SSSR count). The summed E-state index contributed by atoms with van der Waals surface area (Å²) in [6, 6.07) is 64.3. The van der Waals surface area contributed by atoms with E-state index in [1.807, 2.05) is 18.2 Å². The van der Waals surface area contributed by atoms with Crippen LogP contribution in [-0.4, -0.2) is 14.5 Å². The molecular formula is C46H32N4. The number of nitrogens with zero attached hydrogens (tertiary/aromatic N) is 4. The summed E-state index contributed by atoms with van der Waals surface area (Å²) in [5.41, 5.74) is 12.9. The van der Waals surface area contributed by atoms with Crippen LogP contribution in [0.25, 0.3) is 61.1 Å². The third-order valence-corrected chi connectivity index (χ3v) is 9.31. The minimum Gasteiger partial charge on any atom is -0.310 e. The minimum absolute atomic E-state index is 0.860. The van der Waals surface area contributed by atoms with E-state index in [4.69, 9.17) is 9.97 Å². The average molecular weight is 641 g/mol. The van der Waals surface area contributed by atoms with Gasteiger partial charge in [-0.2, -0.15) is 0 Å². The maximum Gasteiger partial charge on any atom is 0.0965 e. The van der Waals surface area contributed by atoms with Crippen molar-refractivity contribution in [3.63, 3.8) is 0 Å². The van der Waals surface area contributed by atoms with E-state index in [2.05, 4.69) is 173 Å². The molecule has 0 radical (unpaired) electrons. The number of aromatic nitrogens is 3. The summed E-state index contributed by atoms with van der Waals surface area (Å²) in [4.78, 5) is 11.8. The first-order chi connectivity index (χ1) is 24.8. The highest BCUT2D eigenvalue weighted by molar-refractivity contribution is 6.10. The van der Waals surface area contributed by atoms with Gasteiger partial charge in [-0.15, -0.1) is 0 Å². The first-order valence-electron chi connectivity index (χ1n) is 16.8. The average Bonchev–Trinajstić information content (AvgIpc) is 3.53. The molecule has 9 aromatic rings. The summed E-state index contributed by atoms with van der Waals surface area (Å²) in [6.45, 7) is 0. The van der Waals surface area contributed by atoms with Crippen molar-refractivity contribution in [2.75, 3.05) is 4.90 Å². The number of benzene rings is 7. The van der Waals surface area contributed by atoms with E-state index >= 15 is 0 Å². The van der Waals surface area contributed by atoms with Crippen LogP contribution in [0.15, 0.2) is 194 Å². The number of rotatable bonds is 7. The quantitative estimate of drug-likeness (QED) is 0.174. The Morgan fingerprint density at radius 1 is 0.360 bits per heavy atom. The monoisotopic (exact) mass is 640 g/mol. The summed E-state index contributed by atoms with van der Waals surface area (Å²) in [6.07, 6.45) is 3.52. The fourth-order valence-corrected chi connectivity index (χ4v) is 6.96. The molecule has 2 aromatic heterocycles. The van der Waals surface area contributed by atoms with Crippen molar-refractivity contribution in [1.29, 1.82) is 0 Å². The maximum atomic E-state index is 4.77. The van der Waals surface area contributed by atoms with Crippen LogP contribution in [0.3, 0.4) is 0 Å². The summed E-state index contributed by atoms with van der Waals surface area (Å²) in [7, 11) is 0. The van der Waals surface area contributed by atoms with E-state index in [9.17, 15) is 0 Å². The summed E-state index contributed by atoms with van der Waals surface area (Å²) < 4.78 is 2.35. The largest absolute Gasteiger partial charge is 0.310 e. The van der Waals surface area contributed by atoms with Gasteiger partial charge >= 0.3 is 0 Å². The molecule has 236 valence electrons. The van der Waals surface area contributed by atoms with Crippen molar-refractivity contribution in [1.82, 2.24) is 14.5 Å². The van der Waals surface area contributed by atoms with Crippen molar-refractivity contribution in [3.05, 3.63) is 194 Å². The molecule has 0 aliphatic heterocycles. The van der Waals surface area contributed by atoms with Crippen molar-refractivity contribution in [2.24, 2.45) is 0 Å². The van der Waals surface area contributed by atoms with Crippen LogP contribution < -0.4 is 4.90 Å².